The van der Waals surface area contributed by atoms with Crippen LogP contribution >= 0.6 is 0 Å². The highest BCUT2D eigenvalue weighted by Crippen LogP contribution is 2.37. The maximum Gasteiger partial charge on any atom is 0.0384 e. The first-order chi connectivity index (χ1) is 8.49. The molecule has 0 spiro atoms. The van der Waals surface area contributed by atoms with Gasteiger partial charge in [-0.1, -0.05) is 55.0 Å². The van der Waals surface area contributed by atoms with Crippen molar-refractivity contribution < 1.29 is 0 Å². The molecule has 0 aromatic heterocycles. The van der Waals surface area contributed by atoms with E-state index in [2.05, 4.69) is 45.6 Å². The number of rotatable bonds is 6. The zero-order chi connectivity index (χ0) is 13.6. The minimum absolute atomic E-state index is 0.00163. The zero-order valence-electron chi connectivity index (χ0n) is 11.8. The highest BCUT2D eigenvalue weighted by Gasteiger charge is 2.28. The Morgan fingerprint density at radius 1 is 1.33 bits per heavy atom. The molecule has 0 saturated carbocycles. The summed E-state index contributed by atoms with van der Waals surface area (Å²) in [4.78, 5) is 0. The van der Waals surface area contributed by atoms with Gasteiger partial charge in [-0.05, 0) is 32.3 Å². The van der Waals surface area contributed by atoms with Gasteiger partial charge in [-0.25, -0.2) is 0 Å². The Hall–Kier alpha value is -1.34. The monoisotopic (exact) mass is 243 g/mol. The lowest BCUT2D eigenvalue weighted by atomic mass is 9.75. The van der Waals surface area contributed by atoms with E-state index in [4.69, 9.17) is 5.73 Å². The van der Waals surface area contributed by atoms with Gasteiger partial charge in [0.05, 0.1) is 0 Å². The maximum atomic E-state index is 6.41. The van der Waals surface area contributed by atoms with Crippen LogP contribution in [0.3, 0.4) is 0 Å². The molecular weight excluding hydrogens is 218 g/mol. The largest absolute Gasteiger partial charge is 0.323 e. The molecule has 0 aliphatic rings. The number of benzene rings is 1. The van der Waals surface area contributed by atoms with Gasteiger partial charge in [0.2, 0.25) is 0 Å². The molecule has 98 valence electrons. The molecule has 0 bridgehead atoms. The number of nitrogens with two attached hydrogens (primary N) is 1. The Morgan fingerprint density at radius 2 is 1.94 bits per heavy atom. The molecule has 2 atom stereocenters. The van der Waals surface area contributed by atoms with E-state index in [0.29, 0.717) is 0 Å². The fourth-order valence-electron chi connectivity index (χ4n) is 2.10. The van der Waals surface area contributed by atoms with E-state index in [-0.39, 0.29) is 11.5 Å². The Morgan fingerprint density at radius 3 is 2.44 bits per heavy atom. The van der Waals surface area contributed by atoms with Gasteiger partial charge in [0.25, 0.3) is 0 Å². The van der Waals surface area contributed by atoms with Crippen molar-refractivity contribution in [1.29, 1.82) is 0 Å². The predicted octanol–water partition coefficient (Wildman–Crippen LogP) is 4.63. The van der Waals surface area contributed by atoms with Crippen molar-refractivity contribution in [3.63, 3.8) is 0 Å². The van der Waals surface area contributed by atoms with Crippen LogP contribution in [0.2, 0.25) is 0 Å². The standard InChI is InChI=1S/C17H25N/c1-5-17(4,13-9-10-14(2)3)16(18)15-11-7-6-8-12-15/h5-8,10-12,16H,1,9,13,18H2,2-4H3. The van der Waals surface area contributed by atoms with E-state index < -0.39 is 0 Å². The van der Waals surface area contributed by atoms with Crippen LogP contribution in [0.1, 0.15) is 45.2 Å². The summed E-state index contributed by atoms with van der Waals surface area (Å²) in [6, 6.07) is 10.3. The second-order valence-electron chi connectivity index (χ2n) is 5.42. The minimum Gasteiger partial charge on any atom is -0.323 e. The molecule has 0 saturated heterocycles. The summed E-state index contributed by atoms with van der Waals surface area (Å²) in [6.07, 6.45) is 6.34. The third-order valence-electron chi connectivity index (χ3n) is 3.57. The average molecular weight is 243 g/mol. The van der Waals surface area contributed by atoms with Gasteiger partial charge in [-0.2, -0.15) is 0 Å². The number of hydrogen-bond donors (Lipinski definition) is 1. The summed E-state index contributed by atoms with van der Waals surface area (Å²) in [5.74, 6) is 0. The van der Waals surface area contributed by atoms with Crippen molar-refractivity contribution in [2.24, 2.45) is 11.1 Å². The Bertz CT molecular complexity index is 401. The number of hydrogen-bond acceptors (Lipinski definition) is 1. The summed E-state index contributed by atoms with van der Waals surface area (Å²) in [7, 11) is 0. The number of allylic oxidation sites excluding steroid dienone is 2. The molecular formula is C17H25N. The molecule has 1 nitrogen and oxygen atoms in total. The molecule has 18 heavy (non-hydrogen) atoms. The lowest BCUT2D eigenvalue weighted by Crippen LogP contribution is -2.30. The van der Waals surface area contributed by atoms with E-state index in [1.807, 2.05) is 24.3 Å². The summed E-state index contributed by atoms with van der Waals surface area (Å²) in [6.45, 7) is 10.4. The van der Waals surface area contributed by atoms with Crippen LogP contribution in [0.15, 0.2) is 54.6 Å². The van der Waals surface area contributed by atoms with Crippen molar-refractivity contribution in [3.8, 4) is 0 Å². The first-order valence-corrected chi connectivity index (χ1v) is 6.57. The van der Waals surface area contributed by atoms with Crippen molar-refractivity contribution in [2.45, 2.75) is 39.7 Å². The molecule has 0 fully saturated rings. The van der Waals surface area contributed by atoms with Crippen LogP contribution in [-0.2, 0) is 0 Å². The van der Waals surface area contributed by atoms with Gasteiger partial charge in [-0.15, -0.1) is 6.58 Å². The highest BCUT2D eigenvalue weighted by atomic mass is 14.7. The van der Waals surface area contributed by atoms with Crippen LogP contribution in [-0.4, -0.2) is 0 Å². The van der Waals surface area contributed by atoms with Crippen LogP contribution in [0, 0.1) is 5.41 Å². The highest BCUT2D eigenvalue weighted by molar-refractivity contribution is 5.22. The van der Waals surface area contributed by atoms with Crippen molar-refractivity contribution >= 4 is 0 Å². The first kappa shape index (κ1) is 14.7. The second kappa shape index (κ2) is 6.55. The minimum atomic E-state index is -0.0622. The lowest BCUT2D eigenvalue weighted by molar-refractivity contribution is 0.318. The smallest absolute Gasteiger partial charge is 0.0384 e. The van der Waals surface area contributed by atoms with Gasteiger partial charge in [0, 0.05) is 11.5 Å². The summed E-state index contributed by atoms with van der Waals surface area (Å²) in [5, 5.41) is 0. The molecule has 0 radical (unpaired) electrons. The van der Waals surface area contributed by atoms with Gasteiger partial charge >= 0.3 is 0 Å². The quantitative estimate of drug-likeness (QED) is 0.725. The fourth-order valence-corrected chi connectivity index (χ4v) is 2.10. The third kappa shape index (κ3) is 3.85. The van der Waals surface area contributed by atoms with E-state index in [1.165, 1.54) is 11.1 Å². The molecule has 0 heterocycles. The fraction of sp³-hybridized carbons (Fsp3) is 0.412. The SMILES string of the molecule is C=CC(C)(CCC=C(C)C)C(N)c1ccccc1. The normalized spacial score (nSPS) is 15.6. The van der Waals surface area contributed by atoms with Crippen molar-refractivity contribution in [3.05, 3.63) is 60.2 Å². The maximum absolute atomic E-state index is 6.41. The lowest BCUT2D eigenvalue weighted by Gasteiger charge is -2.32. The average Bonchev–Trinajstić information content (AvgIpc) is 2.38. The molecule has 0 aliphatic carbocycles. The molecule has 1 aromatic carbocycles. The summed E-state index contributed by atoms with van der Waals surface area (Å²) in [5.41, 5.74) is 8.88. The molecule has 1 aromatic rings. The van der Waals surface area contributed by atoms with E-state index in [0.717, 1.165) is 12.8 Å². The Balaban J connectivity index is 2.80. The van der Waals surface area contributed by atoms with Gasteiger partial charge in [0.1, 0.15) is 0 Å². The zero-order valence-corrected chi connectivity index (χ0v) is 11.8. The molecule has 2 unspecified atom stereocenters. The first-order valence-electron chi connectivity index (χ1n) is 6.57. The van der Waals surface area contributed by atoms with E-state index in [1.54, 1.807) is 0 Å². The molecule has 0 aliphatic heterocycles. The van der Waals surface area contributed by atoms with Crippen LogP contribution in [0.4, 0.5) is 0 Å². The van der Waals surface area contributed by atoms with Gasteiger partial charge in [-0.3, -0.25) is 0 Å². The topological polar surface area (TPSA) is 26.0 Å². The Kier molecular flexibility index (Phi) is 5.36. The van der Waals surface area contributed by atoms with Crippen LogP contribution < -0.4 is 5.73 Å². The molecule has 0 amide bonds. The second-order valence-corrected chi connectivity index (χ2v) is 5.42. The van der Waals surface area contributed by atoms with E-state index >= 15 is 0 Å². The van der Waals surface area contributed by atoms with Crippen molar-refractivity contribution in [1.82, 2.24) is 0 Å². The Labute approximate surface area is 111 Å². The summed E-state index contributed by atoms with van der Waals surface area (Å²) < 4.78 is 0. The summed E-state index contributed by atoms with van der Waals surface area (Å²) >= 11 is 0. The van der Waals surface area contributed by atoms with Crippen LogP contribution in [0.5, 0.6) is 0 Å². The van der Waals surface area contributed by atoms with Gasteiger partial charge in [0.15, 0.2) is 0 Å². The van der Waals surface area contributed by atoms with Gasteiger partial charge < -0.3 is 5.73 Å². The predicted molar refractivity (Wildman–Crippen MR) is 80.3 cm³/mol. The third-order valence-corrected chi connectivity index (χ3v) is 3.57. The van der Waals surface area contributed by atoms with Crippen LogP contribution in [0.25, 0.3) is 0 Å². The molecule has 2 N–H and O–H groups in total. The van der Waals surface area contributed by atoms with Crippen molar-refractivity contribution in [2.75, 3.05) is 0 Å². The van der Waals surface area contributed by atoms with E-state index in [9.17, 15) is 0 Å². The molecule has 1 heteroatoms. The molecule has 1 rings (SSSR count).